The van der Waals surface area contributed by atoms with Crippen LogP contribution in [0.2, 0.25) is 0 Å². The van der Waals surface area contributed by atoms with Gasteiger partial charge < -0.3 is 15.0 Å². The SMILES string of the molecule is C=O.CCS(=O)(=O)c1ccc(N2CCNCC2)c(F)c1. The van der Waals surface area contributed by atoms with Gasteiger partial charge in [0, 0.05) is 26.2 Å². The van der Waals surface area contributed by atoms with Crippen molar-refractivity contribution in [3.8, 4) is 0 Å². The Hall–Kier alpha value is -1.47. The van der Waals surface area contributed by atoms with E-state index in [-0.39, 0.29) is 10.6 Å². The molecule has 1 aromatic carbocycles. The maximum absolute atomic E-state index is 14.0. The number of carbonyl (C=O) groups is 1. The zero-order valence-electron chi connectivity index (χ0n) is 11.4. The van der Waals surface area contributed by atoms with Crippen LogP contribution in [0.4, 0.5) is 10.1 Å². The number of rotatable bonds is 3. The quantitative estimate of drug-likeness (QED) is 0.896. The van der Waals surface area contributed by atoms with Crippen LogP contribution in [0.25, 0.3) is 0 Å². The molecule has 1 aliphatic rings. The number of carbonyl (C=O) groups excluding carboxylic acids is 1. The van der Waals surface area contributed by atoms with Crippen molar-refractivity contribution in [2.24, 2.45) is 0 Å². The fourth-order valence-corrected chi connectivity index (χ4v) is 2.90. The van der Waals surface area contributed by atoms with Crippen molar-refractivity contribution >= 4 is 22.3 Å². The topological polar surface area (TPSA) is 66.5 Å². The molecular formula is C13H19FN2O3S. The molecule has 1 fully saturated rings. The predicted molar refractivity (Wildman–Crippen MR) is 76.3 cm³/mol. The van der Waals surface area contributed by atoms with Crippen molar-refractivity contribution in [3.63, 3.8) is 0 Å². The zero-order chi connectivity index (χ0) is 15.2. The molecule has 0 saturated carbocycles. The molecule has 1 heterocycles. The number of piperazine rings is 1. The lowest BCUT2D eigenvalue weighted by Crippen LogP contribution is -2.43. The number of halogens is 1. The van der Waals surface area contributed by atoms with E-state index >= 15 is 0 Å². The van der Waals surface area contributed by atoms with E-state index < -0.39 is 15.7 Å². The minimum absolute atomic E-state index is 0.0145. The third-order valence-corrected chi connectivity index (χ3v) is 4.85. The van der Waals surface area contributed by atoms with Gasteiger partial charge in [0.25, 0.3) is 0 Å². The normalized spacial score (nSPS) is 15.4. The van der Waals surface area contributed by atoms with Crippen molar-refractivity contribution in [1.82, 2.24) is 5.32 Å². The first-order chi connectivity index (χ1) is 9.54. The number of hydrogen-bond acceptors (Lipinski definition) is 5. The van der Waals surface area contributed by atoms with Crippen LogP contribution >= 0.6 is 0 Å². The fourth-order valence-electron chi connectivity index (χ4n) is 2.01. The monoisotopic (exact) mass is 302 g/mol. The minimum atomic E-state index is -3.34. The highest BCUT2D eigenvalue weighted by Crippen LogP contribution is 2.23. The lowest BCUT2D eigenvalue weighted by atomic mass is 10.2. The number of nitrogens with one attached hydrogen (secondary N) is 1. The summed E-state index contributed by atoms with van der Waals surface area (Å²) in [5, 5.41) is 3.19. The number of hydrogen-bond donors (Lipinski definition) is 1. The Labute approximate surface area is 118 Å². The fraction of sp³-hybridized carbons (Fsp3) is 0.462. The molecule has 0 amide bonds. The van der Waals surface area contributed by atoms with Crippen LogP contribution < -0.4 is 10.2 Å². The molecule has 112 valence electrons. The maximum Gasteiger partial charge on any atom is 0.178 e. The molecule has 0 radical (unpaired) electrons. The molecule has 7 heteroatoms. The summed E-state index contributed by atoms with van der Waals surface area (Å²) in [5.74, 6) is -0.481. The third kappa shape index (κ3) is 3.77. The average Bonchev–Trinajstić information content (AvgIpc) is 2.50. The van der Waals surface area contributed by atoms with E-state index in [1.54, 1.807) is 13.0 Å². The van der Waals surface area contributed by atoms with Crippen molar-refractivity contribution < 1.29 is 17.6 Å². The lowest BCUT2D eigenvalue weighted by Gasteiger charge is -2.29. The first-order valence-electron chi connectivity index (χ1n) is 6.31. The molecule has 1 N–H and O–H groups in total. The summed E-state index contributed by atoms with van der Waals surface area (Å²) in [6.07, 6.45) is 0. The Morgan fingerprint density at radius 3 is 2.40 bits per heavy atom. The van der Waals surface area contributed by atoms with Crippen LogP contribution in [0.1, 0.15) is 6.92 Å². The molecule has 0 atom stereocenters. The molecular weight excluding hydrogens is 283 g/mol. The van der Waals surface area contributed by atoms with Crippen LogP contribution in [0.3, 0.4) is 0 Å². The molecule has 20 heavy (non-hydrogen) atoms. The molecule has 2 rings (SSSR count). The third-order valence-electron chi connectivity index (χ3n) is 3.12. The van der Waals surface area contributed by atoms with E-state index in [0.29, 0.717) is 5.69 Å². The van der Waals surface area contributed by atoms with Crippen molar-refractivity contribution in [2.45, 2.75) is 11.8 Å². The van der Waals surface area contributed by atoms with Crippen LogP contribution in [0.15, 0.2) is 23.1 Å². The highest BCUT2D eigenvalue weighted by Gasteiger charge is 2.18. The van der Waals surface area contributed by atoms with Gasteiger partial charge in [-0.3, -0.25) is 0 Å². The zero-order valence-corrected chi connectivity index (χ0v) is 12.2. The second kappa shape index (κ2) is 7.35. The minimum Gasteiger partial charge on any atom is -0.367 e. The largest absolute Gasteiger partial charge is 0.367 e. The van der Waals surface area contributed by atoms with Crippen molar-refractivity contribution in [2.75, 3.05) is 36.8 Å². The molecule has 0 unspecified atom stereocenters. The van der Waals surface area contributed by atoms with E-state index in [1.165, 1.54) is 6.07 Å². The average molecular weight is 302 g/mol. The van der Waals surface area contributed by atoms with Crippen molar-refractivity contribution in [3.05, 3.63) is 24.0 Å². The summed E-state index contributed by atoms with van der Waals surface area (Å²) >= 11 is 0. The first-order valence-corrected chi connectivity index (χ1v) is 7.96. The van der Waals surface area contributed by atoms with Crippen LogP contribution in [0.5, 0.6) is 0 Å². The Balaban J connectivity index is 0.000000956. The predicted octanol–water partition coefficient (Wildman–Crippen LogP) is 0.844. The molecule has 0 spiro atoms. The summed E-state index contributed by atoms with van der Waals surface area (Å²) in [6.45, 7) is 6.65. The van der Waals surface area contributed by atoms with Gasteiger partial charge in [-0.15, -0.1) is 0 Å². The molecule has 5 nitrogen and oxygen atoms in total. The molecule has 0 aliphatic carbocycles. The number of sulfone groups is 1. The Bertz CT molecular complexity index is 543. The van der Waals surface area contributed by atoms with E-state index in [1.807, 2.05) is 11.7 Å². The Kier molecular flexibility index (Phi) is 6.09. The Morgan fingerprint density at radius 1 is 1.30 bits per heavy atom. The number of nitrogens with zero attached hydrogens (tertiary/aromatic N) is 1. The van der Waals surface area contributed by atoms with E-state index in [0.717, 1.165) is 32.2 Å². The maximum atomic E-state index is 14.0. The van der Waals surface area contributed by atoms with Crippen LogP contribution in [-0.4, -0.2) is 47.1 Å². The van der Waals surface area contributed by atoms with Gasteiger partial charge in [0.1, 0.15) is 12.6 Å². The molecule has 0 aromatic heterocycles. The highest BCUT2D eigenvalue weighted by atomic mass is 32.2. The summed E-state index contributed by atoms with van der Waals surface area (Å²) < 4.78 is 37.3. The first kappa shape index (κ1) is 16.6. The summed E-state index contributed by atoms with van der Waals surface area (Å²) in [4.78, 5) is 9.98. The van der Waals surface area contributed by atoms with Crippen LogP contribution in [0, 0.1) is 5.82 Å². The summed E-state index contributed by atoms with van der Waals surface area (Å²) in [7, 11) is -3.34. The van der Waals surface area contributed by atoms with E-state index in [4.69, 9.17) is 4.79 Å². The van der Waals surface area contributed by atoms with Gasteiger partial charge >= 0.3 is 0 Å². The van der Waals surface area contributed by atoms with E-state index in [2.05, 4.69) is 5.32 Å². The van der Waals surface area contributed by atoms with Gasteiger partial charge in [-0.2, -0.15) is 0 Å². The van der Waals surface area contributed by atoms with Crippen molar-refractivity contribution in [1.29, 1.82) is 0 Å². The number of benzene rings is 1. The smallest absolute Gasteiger partial charge is 0.178 e. The number of anilines is 1. The van der Waals surface area contributed by atoms with Gasteiger partial charge in [0.2, 0.25) is 0 Å². The molecule has 1 saturated heterocycles. The van der Waals surface area contributed by atoms with Gasteiger partial charge in [-0.1, -0.05) is 6.92 Å². The van der Waals surface area contributed by atoms with E-state index in [9.17, 15) is 12.8 Å². The molecule has 1 aliphatic heterocycles. The summed E-state index contributed by atoms with van der Waals surface area (Å²) in [5.41, 5.74) is 0.478. The van der Waals surface area contributed by atoms with Gasteiger partial charge in [0.05, 0.1) is 16.3 Å². The standard InChI is InChI=1S/C12H17FN2O2S.CH2O/c1-2-18(16,17)10-3-4-12(11(13)9-10)15-7-5-14-6-8-15;1-2/h3-4,9,14H,2,5-8H2,1H3;1H2. The Morgan fingerprint density at radius 2 is 1.90 bits per heavy atom. The second-order valence-corrected chi connectivity index (χ2v) is 6.53. The van der Waals surface area contributed by atoms with Gasteiger partial charge in [-0.05, 0) is 18.2 Å². The van der Waals surface area contributed by atoms with Gasteiger partial charge in [0.15, 0.2) is 9.84 Å². The second-order valence-electron chi connectivity index (χ2n) is 4.25. The highest BCUT2D eigenvalue weighted by molar-refractivity contribution is 7.91. The lowest BCUT2D eigenvalue weighted by molar-refractivity contribution is -0.0979. The van der Waals surface area contributed by atoms with Crippen LogP contribution in [-0.2, 0) is 14.6 Å². The molecule has 0 bridgehead atoms. The summed E-state index contributed by atoms with van der Waals surface area (Å²) in [6, 6.07) is 4.17. The van der Waals surface area contributed by atoms with Gasteiger partial charge in [-0.25, -0.2) is 12.8 Å². The molecule has 1 aromatic rings.